The minimum Gasteiger partial charge on any atom is -0.453 e. The number of methoxy groups -OCH3 is 1. The maximum atomic E-state index is 10.9. The Bertz CT molecular complexity index is 222. The number of carbonyl (C=O) groups is 1. The third kappa shape index (κ3) is 3.84. The van der Waals surface area contributed by atoms with Gasteiger partial charge in [0.1, 0.15) is 6.54 Å². The van der Waals surface area contributed by atoms with Gasteiger partial charge in [-0.1, -0.05) is 18.2 Å². The molecular weight excluding hydrogens is 180 g/mol. The first-order valence-electron chi connectivity index (χ1n) is 3.15. The molecule has 0 bridgehead atoms. The van der Waals surface area contributed by atoms with Crippen molar-refractivity contribution in [2.45, 2.75) is 0 Å². The van der Waals surface area contributed by atoms with Crippen LogP contribution in [0.25, 0.3) is 0 Å². The summed E-state index contributed by atoms with van der Waals surface area (Å²) in [4.78, 5) is 12.0. The van der Waals surface area contributed by atoms with Crippen LogP contribution in [0.4, 0.5) is 4.79 Å². The smallest absolute Gasteiger partial charge is 0.410 e. The van der Waals surface area contributed by atoms with Crippen LogP contribution in [-0.2, 0) is 4.74 Å². The molecule has 0 rings (SSSR count). The van der Waals surface area contributed by atoms with E-state index < -0.39 is 6.09 Å². The topological polar surface area (TPSA) is 53.3 Å². The van der Waals surface area contributed by atoms with Gasteiger partial charge in [0.15, 0.2) is 0 Å². The highest BCUT2D eigenvalue weighted by molar-refractivity contribution is 6.29. The average molecular weight is 189 g/mol. The van der Waals surface area contributed by atoms with Crippen LogP contribution >= 0.6 is 11.6 Å². The lowest BCUT2D eigenvalue weighted by atomic mass is 10.5. The van der Waals surface area contributed by atoms with E-state index in [-0.39, 0.29) is 18.1 Å². The van der Waals surface area contributed by atoms with Crippen molar-refractivity contribution >= 4 is 17.7 Å². The lowest BCUT2D eigenvalue weighted by Gasteiger charge is -2.16. The summed E-state index contributed by atoms with van der Waals surface area (Å²) in [6, 6.07) is 1.81. The van der Waals surface area contributed by atoms with E-state index in [1.54, 1.807) is 0 Å². The van der Waals surface area contributed by atoms with Crippen molar-refractivity contribution in [1.29, 1.82) is 5.26 Å². The van der Waals surface area contributed by atoms with Crippen LogP contribution in [0, 0.1) is 11.3 Å². The first-order chi connectivity index (χ1) is 5.61. The third-order valence-electron chi connectivity index (χ3n) is 1.06. The number of hydrogen-bond acceptors (Lipinski definition) is 3. The minimum atomic E-state index is -0.585. The second-order valence-corrected chi connectivity index (χ2v) is 2.54. The molecule has 12 heavy (non-hydrogen) atoms. The molecule has 0 aromatic heterocycles. The van der Waals surface area contributed by atoms with Crippen molar-refractivity contribution in [1.82, 2.24) is 4.90 Å². The van der Waals surface area contributed by atoms with Gasteiger partial charge in [-0.05, 0) is 0 Å². The Morgan fingerprint density at radius 2 is 2.42 bits per heavy atom. The molecule has 0 N–H and O–H groups in total. The molecule has 0 saturated heterocycles. The third-order valence-corrected chi connectivity index (χ3v) is 1.18. The van der Waals surface area contributed by atoms with Crippen LogP contribution in [0.3, 0.4) is 0 Å². The minimum absolute atomic E-state index is 0.0571. The van der Waals surface area contributed by atoms with Crippen molar-refractivity contribution in [3.63, 3.8) is 0 Å². The van der Waals surface area contributed by atoms with Gasteiger partial charge < -0.3 is 4.74 Å². The lowest BCUT2D eigenvalue weighted by Crippen LogP contribution is -2.32. The zero-order valence-electron chi connectivity index (χ0n) is 6.71. The Labute approximate surface area is 76.0 Å². The van der Waals surface area contributed by atoms with E-state index in [2.05, 4.69) is 11.3 Å². The maximum Gasteiger partial charge on any atom is 0.410 e. The number of amides is 1. The number of ether oxygens (including phenoxy) is 1. The monoisotopic (exact) mass is 188 g/mol. The first kappa shape index (κ1) is 10.8. The predicted octanol–water partition coefficient (Wildman–Crippen LogP) is 1.33. The van der Waals surface area contributed by atoms with E-state index in [9.17, 15) is 4.79 Å². The summed E-state index contributed by atoms with van der Waals surface area (Å²) in [5.74, 6) is 0. The molecule has 0 aliphatic heterocycles. The van der Waals surface area contributed by atoms with Gasteiger partial charge in [-0.2, -0.15) is 5.26 Å². The van der Waals surface area contributed by atoms with Crippen LogP contribution in [0.2, 0.25) is 0 Å². The van der Waals surface area contributed by atoms with E-state index in [1.807, 2.05) is 6.07 Å². The van der Waals surface area contributed by atoms with Crippen molar-refractivity contribution in [3.05, 3.63) is 11.6 Å². The Kier molecular flexibility index (Phi) is 4.89. The van der Waals surface area contributed by atoms with Gasteiger partial charge in [0.25, 0.3) is 0 Å². The number of carbonyl (C=O) groups excluding carboxylic acids is 1. The number of rotatable bonds is 3. The fraction of sp³-hybridized carbons (Fsp3) is 0.429. The van der Waals surface area contributed by atoms with E-state index in [4.69, 9.17) is 16.9 Å². The van der Waals surface area contributed by atoms with E-state index >= 15 is 0 Å². The van der Waals surface area contributed by atoms with Gasteiger partial charge in [-0.25, -0.2) is 4.79 Å². The number of nitriles is 1. The molecule has 0 radical (unpaired) electrons. The first-order valence-corrected chi connectivity index (χ1v) is 3.52. The lowest BCUT2D eigenvalue weighted by molar-refractivity contribution is 0.132. The van der Waals surface area contributed by atoms with E-state index in [0.717, 1.165) is 4.90 Å². The van der Waals surface area contributed by atoms with Gasteiger partial charge in [-0.3, -0.25) is 4.90 Å². The normalized spacial score (nSPS) is 8.42. The Hall–Kier alpha value is -1.21. The standard InChI is InChI=1S/C7H9ClN2O2/c1-6(8)5-10(4-3-9)7(11)12-2/h1,4-5H2,2H3. The second kappa shape index (κ2) is 5.44. The molecule has 4 nitrogen and oxygen atoms in total. The van der Waals surface area contributed by atoms with Gasteiger partial charge >= 0.3 is 6.09 Å². The van der Waals surface area contributed by atoms with Crippen molar-refractivity contribution < 1.29 is 9.53 Å². The van der Waals surface area contributed by atoms with Gasteiger partial charge in [0, 0.05) is 5.03 Å². The summed E-state index contributed by atoms with van der Waals surface area (Å²) in [5.41, 5.74) is 0. The average Bonchev–Trinajstić information content (AvgIpc) is 2.01. The molecule has 0 aromatic rings. The number of halogens is 1. The SMILES string of the molecule is C=C(Cl)CN(CC#N)C(=O)OC. The highest BCUT2D eigenvalue weighted by atomic mass is 35.5. The van der Waals surface area contributed by atoms with Crippen LogP contribution in [-0.4, -0.2) is 31.2 Å². The maximum absolute atomic E-state index is 10.9. The van der Waals surface area contributed by atoms with Gasteiger partial charge in [0.05, 0.1) is 19.7 Å². The van der Waals surface area contributed by atoms with Crippen LogP contribution in [0.5, 0.6) is 0 Å². The largest absolute Gasteiger partial charge is 0.453 e. The Morgan fingerprint density at radius 1 is 1.83 bits per heavy atom. The zero-order valence-corrected chi connectivity index (χ0v) is 7.47. The molecule has 0 aliphatic carbocycles. The van der Waals surface area contributed by atoms with Crippen molar-refractivity contribution in [3.8, 4) is 6.07 Å². The summed E-state index contributed by atoms with van der Waals surface area (Å²) in [5, 5.41) is 8.61. The van der Waals surface area contributed by atoms with Crippen molar-refractivity contribution in [2.75, 3.05) is 20.2 Å². The summed E-state index contributed by atoms with van der Waals surface area (Å²) in [6.45, 7) is 3.47. The molecular formula is C7H9ClN2O2. The Balaban J connectivity index is 4.14. The molecule has 0 saturated carbocycles. The molecule has 0 aliphatic rings. The number of nitrogens with zero attached hydrogens (tertiary/aromatic N) is 2. The Morgan fingerprint density at radius 3 is 2.75 bits per heavy atom. The molecule has 0 heterocycles. The van der Waals surface area contributed by atoms with Crippen LogP contribution in [0.1, 0.15) is 0 Å². The molecule has 66 valence electrons. The van der Waals surface area contributed by atoms with Crippen LogP contribution in [0.15, 0.2) is 11.6 Å². The molecule has 0 fully saturated rings. The molecule has 0 spiro atoms. The molecule has 5 heteroatoms. The summed E-state index contributed by atoms with van der Waals surface area (Å²) < 4.78 is 4.40. The molecule has 0 unspecified atom stereocenters. The molecule has 0 aromatic carbocycles. The molecule has 1 amide bonds. The van der Waals surface area contributed by atoms with E-state index in [0.29, 0.717) is 0 Å². The number of hydrogen-bond donors (Lipinski definition) is 0. The summed E-state index contributed by atoms with van der Waals surface area (Å²) >= 11 is 5.46. The molecule has 0 atom stereocenters. The predicted molar refractivity (Wildman–Crippen MR) is 44.6 cm³/mol. The second-order valence-electron chi connectivity index (χ2n) is 2.00. The fourth-order valence-corrected chi connectivity index (χ4v) is 0.751. The van der Waals surface area contributed by atoms with Gasteiger partial charge in [-0.15, -0.1) is 0 Å². The van der Waals surface area contributed by atoms with Crippen LogP contribution < -0.4 is 0 Å². The summed E-state index contributed by atoms with van der Waals surface area (Å²) in [7, 11) is 1.24. The van der Waals surface area contributed by atoms with E-state index in [1.165, 1.54) is 7.11 Å². The van der Waals surface area contributed by atoms with Gasteiger partial charge in [0.2, 0.25) is 0 Å². The zero-order chi connectivity index (χ0) is 9.56. The highest BCUT2D eigenvalue weighted by Gasteiger charge is 2.12. The van der Waals surface area contributed by atoms with Crippen molar-refractivity contribution in [2.24, 2.45) is 0 Å². The quantitative estimate of drug-likeness (QED) is 0.628. The fourth-order valence-electron chi connectivity index (χ4n) is 0.607. The highest BCUT2D eigenvalue weighted by Crippen LogP contribution is 2.02. The summed E-state index contributed by atoms with van der Waals surface area (Å²) in [6.07, 6.45) is -0.585.